The summed E-state index contributed by atoms with van der Waals surface area (Å²) in [7, 11) is 0. The second-order valence-electron chi connectivity index (χ2n) is 9.21. The van der Waals surface area contributed by atoms with E-state index in [0.717, 1.165) is 36.8 Å². The molecule has 4 saturated carbocycles. The molecule has 4 nitrogen and oxygen atoms in total. The van der Waals surface area contributed by atoms with E-state index in [4.69, 9.17) is 9.15 Å². The molecule has 4 fully saturated rings. The largest absolute Gasteiger partial charge is 0.489 e. The van der Waals surface area contributed by atoms with Gasteiger partial charge >= 0.3 is 0 Å². The number of fused-ring (bicyclic) bond motifs is 3. The van der Waals surface area contributed by atoms with Gasteiger partial charge in [0.25, 0.3) is 0 Å². The first-order valence-corrected chi connectivity index (χ1v) is 11.0. The van der Waals surface area contributed by atoms with E-state index in [9.17, 15) is 4.39 Å². The Hall–Kier alpha value is -2.17. The van der Waals surface area contributed by atoms with Crippen molar-refractivity contribution in [2.24, 2.45) is 0 Å². The molecule has 0 atom stereocenters. The fourth-order valence-electron chi connectivity index (χ4n) is 5.18. The van der Waals surface area contributed by atoms with Gasteiger partial charge in [0, 0.05) is 11.3 Å². The molecule has 0 radical (unpaired) electrons. The normalized spacial score (nSPS) is 29.2. The number of hydrogen-bond acceptors (Lipinski definition) is 4. The number of benzene rings is 1. The summed E-state index contributed by atoms with van der Waals surface area (Å²) in [6.07, 6.45) is 10.6. The van der Waals surface area contributed by atoms with Crippen molar-refractivity contribution in [2.45, 2.75) is 81.5 Å². The number of rotatable bonds is 7. The maximum atomic E-state index is 12.7. The van der Waals surface area contributed by atoms with Crippen molar-refractivity contribution in [3.05, 3.63) is 53.5 Å². The van der Waals surface area contributed by atoms with Crippen LogP contribution in [0.25, 0.3) is 0 Å². The minimum absolute atomic E-state index is 0.0974. The summed E-state index contributed by atoms with van der Waals surface area (Å²) < 4.78 is 24.6. The second kappa shape index (κ2) is 7.26. The molecule has 0 aliphatic heterocycles. The van der Waals surface area contributed by atoms with Crippen molar-refractivity contribution in [3.63, 3.8) is 0 Å². The van der Waals surface area contributed by atoms with Gasteiger partial charge in [0.2, 0.25) is 11.8 Å². The summed E-state index contributed by atoms with van der Waals surface area (Å²) in [6.45, 7) is 2.25. The minimum Gasteiger partial charge on any atom is -0.489 e. The lowest BCUT2D eigenvalue weighted by Gasteiger charge is -2.52. The van der Waals surface area contributed by atoms with Crippen LogP contribution in [-0.2, 0) is 10.8 Å². The average molecular weight is 397 g/mol. The second-order valence-corrected chi connectivity index (χ2v) is 9.21. The smallest absolute Gasteiger partial charge is 0.222 e. The monoisotopic (exact) mass is 396 g/mol. The van der Waals surface area contributed by atoms with E-state index in [1.165, 1.54) is 37.7 Å². The van der Waals surface area contributed by atoms with Crippen LogP contribution in [0.3, 0.4) is 0 Å². The molecule has 6 rings (SSSR count). The first kappa shape index (κ1) is 18.8. The highest BCUT2D eigenvalue weighted by atomic mass is 19.1. The van der Waals surface area contributed by atoms with Crippen molar-refractivity contribution >= 4 is 0 Å². The number of aromatic nitrogens is 2. The van der Waals surface area contributed by atoms with Gasteiger partial charge in [0.05, 0.1) is 6.33 Å². The third-order valence-electron chi connectivity index (χ3n) is 7.57. The van der Waals surface area contributed by atoms with Crippen LogP contribution in [0.15, 0.2) is 40.6 Å². The molecular weight excluding hydrogens is 367 g/mol. The molecule has 0 amide bonds. The molecule has 154 valence electrons. The summed E-state index contributed by atoms with van der Waals surface area (Å²) >= 11 is 0. The Balaban J connectivity index is 1.26. The van der Waals surface area contributed by atoms with Crippen molar-refractivity contribution in [3.8, 4) is 5.75 Å². The minimum atomic E-state index is 0.0974. The topological polar surface area (TPSA) is 48.2 Å². The number of ether oxygens (including phenoxy) is 1. The Morgan fingerprint density at radius 1 is 1.07 bits per heavy atom. The molecule has 1 aromatic carbocycles. The van der Waals surface area contributed by atoms with E-state index in [0.29, 0.717) is 30.8 Å². The molecule has 2 aromatic rings. The molecule has 4 aliphatic carbocycles. The van der Waals surface area contributed by atoms with E-state index >= 15 is 0 Å². The van der Waals surface area contributed by atoms with Gasteiger partial charge in [-0.15, -0.1) is 10.2 Å². The van der Waals surface area contributed by atoms with E-state index < -0.39 is 0 Å². The zero-order chi connectivity index (χ0) is 19.9. The standard InChI is InChI=1S/C24H29FN2O2/c1-2-17(15-25)16-28-20-7-5-19(6-8-20)23-9-12-24(13-10-23,14-11-23)22-27-26-21(29-22)18-3-4-18/h5-8,15,18H,2-4,9-14,16H2,1H3/b17-15+. The predicted molar refractivity (Wildman–Crippen MR) is 109 cm³/mol. The molecular formula is C24H29FN2O2. The van der Waals surface area contributed by atoms with E-state index in [1.54, 1.807) is 0 Å². The summed E-state index contributed by atoms with van der Waals surface area (Å²) in [5.41, 5.74) is 2.43. The van der Waals surface area contributed by atoms with Crippen LogP contribution in [0.5, 0.6) is 5.75 Å². The van der Waals surface area contributed by atoms with Gasteiger partial charge in [-0.25, -0.2) is 4.39 Å². The van der Waals surface area contributed by atoms with Gasteiger partial charge in [-0.2, -0.15) is 0 Å². The maximum absolute atomic E-state index is 12.7. The Morgan fingerprint density at radius 3 is 2.31 bits per heavy atom. The lowest BCUT2D eigenvalue weighted by molar-refractivity contribution is 0.0798. The number of halogens is 1. The van der Waals surface area contributed by atoms with Crippen LogP contribution < -0.4 is 4.74 Å². The van der Waals surface area contributed by atoms with Crippen molar-refractivity contribution in [1.82, 2.24) is 10.2 Å². The Kier molecular flexibility index (Phi) is 4.72. The Labute approximate surface area is 171 Å². The van der Waals surface area contributed by atoms with Crippen LogP contribution >= 0.6 is 0 Å². The summed E-state index contributed by atoms with van der Waals surface area (Å²) in [4.78, 5) is 0. The van der Waals surface area contributed by atoms with Crippen molar-refractivity contribution in [2.75, 3.05) is 6.61 Å². The van der Waals surface area contributed by atoms with Gasteiger partial charge in [-0.1, -0.05) is 19.1 Å². The van der Waals surface area contributed by atoms with E-state index in [2.05, 4.69) is 22.3 Å². The van der Waals surface area contributed by atoms with Crippen LogP contribution in [0, 0.1) is 0 Å². The van der Waals surface area contributed by atoms with Crippen LogP contribution in [-0.4, -0.2) is 16.8 Å². The molecule has 0 saturated heterocycles. The molecule has 5 heteroatoms. The molecule has 29 heavy (non-hydrogen) atoms. The highest BCUT2D eigenvalue weighted by molar-refractivity contribution is 5.35. The summed E-state index contributed by atoms with van der Waals surface area (Å²) in [5.74, 6) is 3.08. The molecule has 1 heterocycles. The van der Waals surface area contributed by atoms with Gasteiger partial charge in [0.1, 0.15) is 12.4 Å². The quantitative estimate of drug-likeness (QED) is 0.564. The maximum Gasteiger partial charge on any atom is 0.222 e. The number of hydrogen-bond donors (Lipinski definition) is 0. The van der Waals surface area contributed by atoms with E-state index in [-0.39, 0.29) is 10.8 Å². The highest BCUT2D eigenvalue weighted by Gasteiger charge is 2.52. The fourth-order valence-corrected chi connectivity index (χ4v) is 5.18. The zero-order valence-corrected chi connectivity index (χ0v) is 17.1. The van der Waals surface area contributed by atoms with Crippen LogP contribution in [0.4, 0.5) is 4.39 Å². The average Bonchev–Trinajstić information content (AvgIpc) is 3.52. The van der Waals surface area contributed by atoms with E-state index in [1.807, 2.05) is 19.1 Å². The fraction of sp³-hybridized carbons (Fsp3) is 0.583. The molecule has 0 N–H and O–H groups in total. The van der Waals surface area contributed by atoms with Crippen LogP contribution in [0.2, 0.25) is 0 Å². The molecule has 2 bridgehead atoms. The van der Waals surface area contributed by atoms with Gasteiger partial charge in [-0.05, 0) is 86.5 Å². The summed E-state index contributed by atoms with van der Waals surface area (Å²) in [5, 5.41) is 8.79. The molecule has 4 aliphatic rings. The number of nitrogens with zero attached hydrogens (tertiary/aromatic N) is 2. The van der Waals surface area contributed by atoms with Crippen molar-refractivity contribution in [1.29, 1.82) is 0 Å². The molecule has 0 unspecified atom stereocenters. The Bertz CT molecular complexity index is 873. The van der Waals surface area contributed by atoms with Gasteiger partial charge in [0.15, 0.2) is 0 Å². The third kappa shape index (κ3) is 3.38. The Morgan fingerprint density at radius 2 is 1.72 bits per heavy atom. The van der Waals surface area contributed by atoms with Gasteiger partial charge in [-0.3, -0.25) is 0 Å². The molecule has 1 aromatic heterocycles. The SMILES string of the molecule is CC/C(=C\F)COc1ccc(C23CCC(c4nnc(C5CC5)o4)(CC2)CC3)cc1. The first-order valence-electron chi connectivity index (χ1n) is 11.0. The lowest BCUT2D eigenvalue weighted by atomic mass is 9.52. The van der Waals surface area contributed by atoms with Crippen LogP contribution in [0.1, 0.15) is 88.0 Å². The van der Waals surface area contributed by atoms with Gasteiger partial charge < -0.3 is 9.15 Å². The molecule has 0 spiro atoms. The third-order valence-corrected chi connectivity index (χ3v) is 7.57. The lowest BCUT2D eigenvalue weighted by Crippen LogP contribution is -2.46. The zero-order valence-electron chi connectivity index (χ0n) is 17.1. The highest BCUT2D eigenvalue weighted by Crippen LogP contribution is 2.58. The van der Waals surface area contributed by atoms with Crippen molar-refractivity contribution < 1.29 is 13.5 Å². The first-order chi connectivity index (χ1) is 14.2. The summed E-state index contributed by atoms with van der Waals surface area (Å²) in [6, 6.07) is 8.48. The predicted octanol–water partition coefficient (Wildman–Crippen LogP) is 6.13.